The normalized spacial score (nSPS) is 17.9. The van der Waals surface area contributed by atoms with Crippen molar-refractivity contribution in [1.82, 2.24) is 4.98 Å². The average Bonchev–Trinajstić information content (AvgIpc) is 3.05. The van der Waals surface area contributed by atoms with Crippen LogP contribution >= 0.6 is 0 Å². The minimum atomic E-state index is -0.789. The van der Waals surface area contributed by atoms with Crippen molar-refractivity contribution in [1.29, 1.82) is 0 Å². The molecule has 6 nitrogen and oxygen atoms in total. The lowest BCUT2D eigenvalue weighted by molar-refractivity contribution is -0.132. The molecular formula is C24H20N2O4. The number of benzene rings is 2. The Kier molecular flexibility index (Phi) is 5.06. The number of pyridine rings is 1. The highest BCUT2D eigenvalue weighted by atomic mass is 16.5. The number of Topliss-reactive ketones (excluding diaryl/α,β-unsaturated/α-hetero) is 1. The summed E-state index contributed by atoms with van der Waals surface area (Å²) < 4.78 is 5.15. The smallest absolute Gasteiger partial charge is 0.301 e. The van der Waals surface area contributed by atoms with Gasteiger partial charge >= 0.3 is 5.91 Å². The molecule has 2 aromatic carbocycles. The van der Waals surface area contributed by atoms with Gasteiger partial charge in [-0.1, -0.05) is 35.9 Å². The number of nitrogens with zero attached hydrogens (tertiary/aromatic N) is 2. The molecule has 6 heteroatoms. The fourth-order valence-electron chi connectivity index (χ4n) is 3.53. The van der Waals surface area contributed by atoms with Crippen LogP contribution in [-0.4, -0.2) is 28.9 Å². The first-order valence-electron chi connectivity index (χ1n) is 9.44. The number of aliphatic hydroxyl groups excluding tert-OH is 1. The van der Waals surface area contributed by atoms with Crippen LogP contribution in [0.15, 0.2) is 78.5 Å². The zero-order chi connectivity index (χ0) is 21.3. The lowest BCUT2D eigenvalue weighted by Gasteiger charge is -2.24. The van der Waals surface area contributed by atoms with E-state index in [4.69, 9.17) is 4.74 Å². The predicted molar refractivity (Wildman–Crippen MR) is 113 cm³/mol. The molecule has 3 aromatic rings. The van der Waals surface area contributed by atoms with E-state index in [2.05, 4.69) is 4.98 Å². The second-order valence-corrected chi connectivity index (χ2v) is 7.00. The third-order valence-electron chi connectivity index (χ3n) is 5.10. The molecule has 1 amide bonds. The van der Waals surface area contributed by atoms with Gasteiger partial charge in [0.2, 0.25) is 0 Å². The third kappa shape index (κ3) is 3.33. The fourth-order valence-corrected chi connectivity index (χ4v) is 3.53. The number of aliphatic hydroxyl groups is 1. The highest BCUT2D eigenvalue weighted by Gasteiger charge is 2.47. The van der Waals surface area contributed by atoms with Gasteiger partial charge in [-0.2, -0.15) is 0 Å². The van der Waals surface area contributed by atoms with Gasteiger partial charge in [-0.25, -0.2) is 4.98 Å². The van der Waals surface area contributed by atoms with Crippen LogP contribution in [0.4, 0.5) is 5.82 Å². The highest BCUT2D eigenvalue weighted by molar-refractivity contribution is 6.51. The van der Waals surface area contributed by atoms with Gasteiger partial charge in [0.25, 0.3) is 5.78 Å². The van der Waals surface area contributed by atoms with Crippen LogP contribution in [0.25, 0.3) is 5.76 Å². The Balaban J connectivity index is 1.91. The number of amides is 1. The van der Waals surface area contributed by atoms with Gasteiger partial charge in [0.15, 0.2) is 0 Å². The molecule has 0 aliphatic carbocycles. The molecule has 1 aliphatic heterocycles. The molecule has 1 aromatic heterocycles. The lowest BCUT2D eigenvalue weighted by Crippen LogP contribution is -2.30. The number of ether oxygens (including phenoxy) is 1. The summed E-state index contributed by atoms with van der Waals surface area (Å²) in [5.41, 5.74) is 2.20. The first-order valence-corrected chi connectivity index (χ1v) is 9.44. The summed E-state index contributed by atoms with van der Waals surface area (Å²) in [4.78, 5) is 31.6. The Morgan fingerprint density at radius 2 is 1.70 bits per heavy atom. The van der Waals surface area contributed by atoms with Crippen molar-refractivity contribution < 1.29 is 19.4 Å². The van der Waals surface area contributed by atoms with Crippen LogP contribution in [0, 0.1) is 6.92 Å². The Morgan fingerprint density at radius 1 is 1.00 bits per heavy atom. The third-order valence-corrected chi connectivity index (χ3v) is 5.10. The van der Waals surface area contributed by atoms with E-state index >= 15 is 0 Å². The number of hydrogen-bond donors (Lipinski definition) is 1. The number of carbonyl (C=O) groups is 2. The Morgan fingerprint density at radius 3 is 2.30 bits per heavy atom. The average molecular weight is 400 g/mol. The zero-order valence-electron chi connectivity index (χ0n) is 16.6. The van der Waals surface area contributed by atoms with E-state index in [0.29, 0.717) is 22.7 Å². The first kappa shape index (κ1) is 19.4. The Labute approximate surface area is 174 Å². The van der Waals surface area contributed by atoms with Crippen LogP contribution in [-0.2, 0) is 9.59 Å². The molecule has 30 heavy (non-hydrogen) atoms. The minimum Gasteiger partial charge on any atom is -0.507 e. The Bertz CT molecular complexity index is 1120. The molecule has 1 atom stereocenters. The van der Waals surface area contributed by atoms with Crippen LogP contribution in [0.5, 0.6) is 5.75 Å². The fraction of sp³-hybridized carbons (Fsp3) is 0.125. The first-order chi connectivity index (χ1) is 14.5. The summed E-state index contributed by atoms with van der Waals surface area (Å²) in [7, 11) is 1.55. The summed E-state index contributed by atoms with van der Waals surface area (Å²) >= 11 is 0. The van der Waals surface area contributed by atoms with Crippen LogP contribution in [0.2, 0.25) is 0 Å². The molecule has 150 valence electrons. The van der Waals surface area contributed by atoms with Gasteiger partial charge in [0.1, 0.15) is 17.3 Å². The summed E-state index contributed by atoms with van der Waals surface area (Å²) in [6.45, 7) is 1.96. The molecule has 0 radical (unpaired) electrons. The van der Waals surface area contributed by atoms with Gasteiger partial charge in [0.05, 0.1) is 18.7 Å². The van der Waals surface area contributed by atoms with Crippen molar-refractivity contribution in [3.05, 3.63) is 95.2 Å². The number of methoxy groups -OCH3 is 1. The second kappa shape index (κ2) is 7.83. The standard InChI is InChI=1S/C24H20N2O4/c1-15-6-8-16(9-7-15)21-20(22(27)17-10-12-18(30-2)13-11-17)23(28)24(29)26(21)19-5-3-4-14-25-19/h3-14,21,27H,1-2H3/t21-/m1/s1. The largest absolute Gasteiger partial charge is 0.507 e. The van der Waals surface area contributed by atoms with E-state index in [-0.39, 0.29) is 11.3 Å². The van der Waals surface area contributed by atoms with Crippen molar-refractivity contribution in [2.45, 2.75) is 13.0 Å². The number of rotatable bonds is 4. The molecule has 0 bridgehead atoms. The van der Waals surface area contributed by atoms with Crippen molar-refractivity contribution in [3.63, 3.8) is 0 Å². The quantitative estimate of drug-likeness (QED) is 0.406. The van der Waals surface area contributed by atoms with E-state index in [1.54, 1.807) is 55.8 Å². The summed E-state index contributed by atoms with van der Waals surface area (Å²) in [6, 6.07) is 18.5. The molecular weight excluding hydrogens is 380 g/mol. The van der Waals surface area contributed by atoms with Crippen molar-refractivity contribution in [3.8, 4) is 5.75 Å². The van der Waals surface area contributed by atoms with Crippen LogP contribution in [0.3, 0.4) is 0 Å². The maximum absolute atomic E-state index is 13.0. The molecule has 1 saturated heterocycles. The van der Waals surface area contributed by atoms with Crippen molar-refractivity contribution in [2.75, 3.05) is 12.0 Å². The number of hydrogen-bond acceptors (Lipinski definition) is 5. The molecule has 4 rings (SSSR count). The molecule has 1 N–H and O–H groups in total. The zero-order valence-corrected chi connectivity index (χ0v) is 16.6. The van der Waals surface area contributed by atoms with E-state index in [1.807, 2.05) is 31.2 Å². The van der Waals surface area contributed by atoms with Crippen LogP contribution in [0.1, 0.15) is 22.7 Å². The highest BCUT2D eigenvalue weighted by Crippen LogP contribution is 2.41. The van der Waals surface area contributed by atoms with Gasteiger partial charge in [0, 0.05) is 11.8 Å². The Hall–Kier alpha value is -3.93. The summed E-state index contributed by atoms with van der Waals surface area (Å²) in [5, 5.41) is 11.0. The van der Waals surface area contributed by atoms with Crippen molar-refractivity contribution >= 4 is 23.3 Å². The predicted octanol–water partition coefficient (Wildman–Crippen LogP) is 4.02. The number of aryl methyl sites for hydroxylation is 1. The van der Waals surface area contributed by atoms with E-state index < -0.39 is 17.7 Å². The molecule has 0 unspecified atom stereocenters. The SMILES string of the molecule is COc1ccc(C(O)=C2C(=O)C(=O)N(c3ccccn3)[C@@H]2c2ccc(C)cc2)cc1. The summed E-state index contributed by atoms with van der Waals surface area (Å²) in [5.74, 6) is -0.747. The number of aromatic nitrogens is 1. The topological polar surface area (TPSA) is 79.7 Å². The van der Waals surface area contributed by atoms with Gasteiger partial charge in [-0.05, 0) is 48.9 Å². The number of anilines is 1. The number of carbonyl (C=O) groups excluding carboxylic acids is 2. The van der Waals surface area contributed by atoms with Gasteiger partial charge in [-0.15, -0.1) is 0 Å². The molecule has 0 spiro atoms. The molecule has 1 fully saturated rings. The molecule has 0 saturated carbocycles. The van der Waals surface area contributed by atoms with Crippen LogP contribution < -0.4 is 9.64 Å². The van der Waals surface area contributed by atoms with E-state index in [1.165, 1.54) is 4.90 Å². The minimum absolute atomic E-state index is 0.0275. The van der Waals surface area contributed by atoms with Crippen molar-refractivity contribution in [2.24, 2.45) is 0 Å². The summed E-state index contributed by atoms with van der Waals surface area (Å²) in [6.07, 6.45) is 1.56. The van der Waals surface area contributed by atoms with Gasteiger partial charge in [-0.3, -0.25) is 14.5 Å². The monoisotopic (exact) mass is 400 g/mol. The van der Waals surface area contributed by atoms with E-state index in [0.717, 1.165) is 5.56 Å². The molecule has 1 aliphatic rings. The van der Waals surface area contributed by atoms with E-state index in [9.17, 15) is 14.7 Å². The second-order valence-electron chi connectivity index (χ2n) is 7.00. The number of ketones is 1. The maximum Gasteiger partial charge on any atom is 0.301 e. The lowest BCUT2D eigenvalue weighted by atomic mass is 9.94. The molecule has 2 heterocycles. The maximum atomic E-state index is 13.0. The van der Waals surface area contributed by atoms with Gasteiger partial charge < -0.3 is 9.84 Å².